The fourth-order valence-electron chi connectivity index (χ4n) is 1.25. The van der Waals surface area contributed by atoms with E-state index in [-0.39, 0.29) is 5.15 Å². The first-order valence-corrected chi connectivity index (χ1v) is 6.35. The molecule has 1 atom stereocenters. The molecule has 1 aromatic heterocycles. The van der Waals surface area contributed by atoms with Crippen molar-refractivity contribution < 1.29 is 27.3 Å². The maximum absolute atomic E-state index is 12.6. The van der Waals surface area contributed by atoms with Gasteiger partial charge in [0.1, 0.15) is 10.9 Å². The quantitative estimate of drug-likeness (QED) is 0.913. The molecule has 0 bridgehead atoms. The van der Waals surface area contributed by atoms with E-state index < -0.39 is 45.7 Å². The van der Waals surface area contributed by atoms with E-state index in [0.717, 1.165) is 4.68 Å². The highest BCUT2D eigenvalue weighted by Crippen LogP contribution is 2.34. The predicted octanol–water partition coefficient (Wildman–Crippen LogP) is 1.43. The van der Waals surface area contributed by atoms with Gasteiger partial charge in [0.2, 0.25) is 0 Å². The summed E-state index contributed by atoms with van der Waals surface area (Å²) in [5.74, 6) is -2.71. The summed E-state index contributed by atoms with van der Waals surface area (Å²) in [4.78, 5) is 10.3. The van der Waals surface area contributed by atoms with Gasteiger partial charge in [0, 0.05) is 23.4 Å². The standard InChI is InChI=1S/C8H8ClF3N2O3S/c1-14-7(9)4(2-18(17)3-5(15)16)6(13-14)8(10,11)12/h2-3H2,1H3,(H,15,16). The summed E-state index contributed by atoms with van der Waals surface area (Å²) in [7, 11) is -0.771. The van der Waals surface area contributed by atoms with Crippen molar-refractivity contribution in [1.29, 1.82) is 0 Å². The highest BCUT2D eigenvalue weighted by molar-refractivity contribution is 7.84. The van der Waals surface area contributed by atoms with E-state index >= 15 is 0 Å². The first-order chi connectivity index (χ1) is 8.12. The molecule has 0 fully saturated rings. The van der Waals surface area contributed by atoms with Crippen LogP contribution in [0.4, 0.5) is 13.2 Å². The van der Waals surface area contributed by atoms with Gasteiger partial charge in [-0.15, -0.1) is 0 Å². The molecule has 1 heterocycles. The van der Waals surface area contributed by atoms with Gasteiger partial charge in [0.05, 0.1) is 5.75 Å². The number of hydrogen-bond donors (Lipinski definition) is 1. The van der Waals surface area contributed by atoms with Crippen molar-refractivity contribution in [3.63, 3.8) is 0 Å². The molecule has 0 aliphatic rings. The van der Waals surface area contributed by atoms with Crippen molar-refractivity contribution in [1.82, 2.24) is 9.78 Å². The Bertz CT molecular complexity index is 501. The number of aryl methyl sites for hydroxylation is 1. The van der Waals surface area contributed by atoms with E-state index in [0.29, 0.717) is 0 Å². The third-order valence-electron chi connectivity index (χ3n) is 1.93. The molecule has 0 aliphatic carbocycles. The number of nitrogens with zero attached hydrogens (tertiary/aromatic N) is 2. The number of hydrogen-bond acceptors (Lipinski definition) is 3. The van der Waals surface area contributed by atoms with Gasteiger partial charge in [-0.2, -0.15) is 18.3 Å². The van der Waals surface area contributed by atoms with Crippen LogP contribution in [-0.2, 0) is 34.6 Å². The molecule has 102 valence electrons. The van der Waals surface area contributed by atoms with Crippen LogP contribution in [0.2, 0.25) is 5.15 Å². The Balaban J connectivity index is 3.08. The lowest BCUT2D eigenvalue weighted by atomic mass is 10.3. The Hall–Kier alpha value is -1.09. The second kappa shape index (κ2) is 5.27. The van der Waals surface area contributed by atoms with Gasteiger partial charge in [-0.25, -0.2) is 0 Å². The molecule has 18 heavy (non-hydrogen) atoms. The molecular formula is C8H8ClF3N2O3S. The van der Waals surface area contributed by atoms with Crippen molar-refractivity contribution >= 4 is 28.4 Å². The Morgan fingerprint density at radius 2 is 2.11 bits per heavy atom. The maximum Gasteiger partial charge on any atom is 0.435 e. The lowest BCUT2D eigenvalue weighted by molar-refractivity contribution is -0.142. The van der Waals surface area contributed by atoms with Crippen molar-refractivity contribution in [2.24, 2.45) is 7.05 Å². The molecule has 0 spiro atoms. The number of aromatic nitrogens is 2. The minimum Gasteiger partial charge on any atom is -0.481 e. The minimum atomic E-state index is -4.73. The summed E-state index contributed by atoms with van der Waals surface area (Å²) in [6.07, 6.45) is -4.73. The fraction of sp³-hybridized carbons (Fsp3) is 0.500. The number of carboxylic acid groups (broad SMARTS) is 1. The molecule has 0 amide bonds. The summed E-state index contributed by atoms with van der Waals surface area (Å²) in [5.41, 5.74) is -1.69. The topological polar surface area (TPSA) is 72.2 Å². The number of aliphatic carboxylic acids is 1. The summed E-state index contributed by atoms with van der Waals surface area (Å²) >= 11 is 5.62. The third-order valence-corrected chi connectivity index (χ3v) is 3.58. The van der Waals surface area contributed by atoms with Gasteiger partial charge < -0.3 is 5.11 Å². The van der Waals surface area contributed by atoms with E-state index in [9.17, 15) is 22.2 Å². The molecular weight excluding hydrogens is 297 g/mol. The molecule has 10 heteroatoms. The lowest BCUT2D eigenvalue weighted by Crippen LogP contribution is -2.14. The second-order valence-electron chi connectivity index (χ2n) is 3.36. The SMILES string of the molecule is Cn1nc(C(F)(F)F)c(CS(=O)CC(=O)O)c1Cl. The van der Waals surface area contributed by atoms with Gasteiger partial charge in [0.15, 0.2) is 5.69 Å². The summed E-state index contributed by atoms with van der Waals surface area (Å²) in [5, 5.41) is 11.3. The first-order valence-electron chi connectivity index (χ1n) is 4.48. The van der Waals surface area contributed by atoms with Crippen molar-refractivity contribution in [2.75, 3.05) is 5.75 Å². The molecule has 1 N–H and O–H groups in total. The van der Waals surface area contributed by atoms with E-state index in [4.69, 9.17) is 16.7 Å². The molecule has 0 aliphatic heterocycles. The zero-order valence-corrected chi connectivity index (χ0v) is 10.6. The molecule has 1 aromatic rings. The number of rotatable bonds is 4. The summed E-state index contributed by atoms with van der Waals surface area (Å²) in [6, 6.07) is 0. The van der Waals surface area contributed by atoms with Gasteiger partial charge >= 0.3 is 12.1 Å². The van der Waals surface area contributed by atoms with E-state index in [1.165, 1.54) is 7.05 Å². The molecule has 0 aromatic carbocycles. The van der Waals surface area contributed by atoms with Crippen molar-refractivity contribution in [3.8, 4) is 0 Å². The fourth-order valence-corrected chi connectivity index (χ4v) is 2.50. The summed E-state index contributed by atoms with van der Waals surface area (Å²) < 4.78 is 49.9. The van der Waals surface area contributed by atoms with Crippen LogP contribution in [-0.4, -0.2) is 30.8 Å². The minimum absolute atomic E-state index is 0.305. The predicted molar refractivity (Wildman–Crippen MR) is 57.6 cm³/mol. The largest absolute Gasteiger partial charge is 0.481 e. The monoisotopic (exact) mass is 304 g/mol. The van der Waals surface area contributed by atoms with E-state index in [2.05, 4.69) is 5.10 Å². The Morgan fingerprint density at radius 1 is 1.56 bits per heavy atom. The highest BCUT2D eigenvalue weighted by Gasteiger charge is 2.39. The van der Waals surface area contributed by atoms with Gasteiger partial charge in [-0.3, -0.25) is 13.7 Å². The Kier molecular flexibility index (Phi) is 4.38. The maximum atomic E-state index is 12.6. The molecule has 0 radical (unpaired) electrons. The van der Waals surface area contributed by atoms with Gasteiger partial charge in [0.25, 0.3) is 0 Å². The average Bonchev–Trinajstić information content (AvgIpc) is 2.44. The Morgan fingerprint density at radius 3 is 2.56 bits per heavy atom. The van der Waals surface area contributed by atoms with Crippen LogP contribution in [0.3, 0.4) is 0 Å². The second-order valence-corrected chi connectivity index (χ2v) is 5.18. The number of halogens is 4. The van der Waals surface area contributed by atoms with Crippen LogP contribution in [0.5, 0.6) is 0 Å². The normalized spacial score (nSPS) is 13.6. The van der Waals surface area contributed by atoms with Crippen LogP contribution in [0.1, 0.15) is 11.3 Å². The number of alkyl halides is 3. The zero-order chi connectivity index (χ0) is 14.1. The lowest BCUT2D eigenvalue weighted by Gasteiger charge is -2.05. The van der Waals surface area contributed by atoms with Crippen molar-refractivity contribution in [3.05, 3.63) is 16.4 Å². The smallest absolute Gasteiger partial charge is 0.435 e. The third kappa shape index (κ3) is 3.45. The van der Waals surface area contributed by atoms with Crippen LogP contribution in [0.25, 0.3) is 0 Å². The average molecular weight is 305 g/mol. The van der Waals surface area contributed by atoms with E-state index in [1.54, 1.807) is 0 Å². The van der Waals surface area contributed by atoms with E-state index in [1.807, 2.05) is 0 Å². The Labute approximate surface area is 107 Å². The molecule has 0 saturated carbocycles. The van der Waals surface area contributed by atoms with Gasteiger partial charge in [-0.1, -0.05) is 11.6 Å². The molecule has 0 saturated heterocycles. The first kappa shape index (κ1) is 15.0. The van der Waals surface area contributed by atoms with Crippen molar-refractivity contribution in [2.45, 2.75) is 11.9 Å². The van der Waals surface area contributed by atoms with Crippen LogP contribution < -0.4 is 0 Å². The highest BCUT2D eigenvalue weighted by atomic mass is 35.5. The van der Waals surface area contributed by atoms with Crippen LogP contribution >= 0.6 is 11.6 Å². The molecule has 1 unspecified atom stereocenters. The number of carbonyl (C=O) groups is 1. The molecule has 1 rings (SSSR count). The molecule has 5 nitrogen and oxygen atoms in total. The summed E-state index contributed by atoms with van der Waals surface area (Å²) in [6.45, 7) is 0. The van der Waals surface area contributed by atoms with Crippen LogP contribution in [0.15, 0.2) is 0 Å². The van der Waals surface area contributed by atoms with Gasteiger partial charge in [-0.05, 0) is 0 Å². The zero-order valence-electron chi connectivity index (χ0n) is 8.99. The number of carboxylic acids is 1. The van der Waals surface area contributed by atoms with Crippen LogP contribution in [0, 0.1) is 0 Å².